The minimum atomic E-state index is -0.295. The summed E-state index contributed by atoms with van der Waals surface area (Å²) >= 11 is 3.51. The van der Waals surface area contributed by atoms with Crippen molar-refractivity contribution in [3.63, 3.8) is 0 Å². The molecule has 30 heavy (non-hydrogen) atoms. The van der Waals surface area contributed by atoms with E-state index in [1.807, 2.05) is 72.8 Å². The first kappa shape index (κ1) is 22.0. The van der Waals surface area contributed by atoms with Gasteiger partial charge in [0.05, 0.1) is 26.2 Å². The molecule has 0 aliphatic heterocycles. The van der Waals surface area contributed by atoms with E-state index in [4.69, 9.17) is 9.47 Å². The van der Waals surface area contributed by atoms with Crippen molar-refractivity contribution < 1.29 is 19.4 Å². The number of benzene rings is 3. The summed E-state index contributed by atoms with van der Waals surface area (Å²) in [5.74, 6) is 1.05. The van der Waals surface area contributed by atoms with Crippen LogP contribution in [0.2, 0.25) is 0 Å². The van der Waals surface area contributed by atoms with Gasteiger partial charge < -0.3 is 19.9 Å². The van der Waals surface area contributed by atoms with E-state index in [1.54, 1.807) is 0 Å². The van der Waals surface area contributed by atoms with Gasteiger partial charge in [0.15, 0.2) is 0 Å². The van der Waals surface area contributed by atoms with E-state index in [1.165, 1.54) is 7.11 Å². The number of nitrogens with one attached hydrogen (secondary N) is 1. The molecule has 0 unspecified atom stereocenters. The third-order valence-corrected chi connectivity index (χ3v) is 5.14. The molecule has 3 rings (SSSR count). The zero-order chi connectivity index (χ0) is 21.3. The minimum Gasteiger partial charge on any atom is -0.469 e. The molecule has 3 aromatic rings. The molecule has 0 aromatic heterocycles. The number of methoxy groups -OCH3 is 1. The highest BCUT2D eigenvalue weighted by Crippen LogP contribution is 2.29. The van der Waals surface area contributed by atoms with Crippen molar-refractivity contribution in [2.45, 2.75) is 19.0 Å². The number of esters is 1. The van der Waals surface area contributed by atoms with Gasteiger partial charge in [0.2, 0.25) is 0 Å². The Bertz CT molecular complexity index is 978. The van der Waals surface area contributed by atoms with Crippen LogP contribution < -0.4 is 10.1 Å². The molecule has 5 nitrogen and oxygen atoms in total. The molecule has 0 aliphatic carbocycles. The van der Waals surface area contributed by atoms with Crippen LogP contribution in [0, 0.1) is 0 Å². The largest absolute Gasteiger partial charge is 0.469 e. The van der Waals surface area contributed by atoms with Crippen LogP contribution in [-0.4, -0.2) is 24.8 Å². The predicted octanol–water partition coefficient (Wildman–Crippen LogP) is 4.78. The third-order valence-electron chi connectivity index (χ3n) is 4.65. The van der Waals surface area contributed by atoms with Gasteiger partial charge in [0, 0.05) is 16.6 Å². The van der Waals surface area contributed by atoms with Crippen LogP contribution in [0.1, 0.15) is 22.7 Å². The van der Waals surface area contributed by atoms with E-state index in [-0.39, 0.29) is 25.0 Å². The second-order valence-electron chi connectivity index (χ2n) is 6.78. The molecule has 0 bridgehead atoms. The zero-order valence-corrected chi connectivity index (χ0v) is 18.3. The lowest BCUT2D eigenvalue weighted by molar-refractivity contribution is -0.139. The van der Waals surface area contributed by atoms with E-state index >= 15 is 0 Å². The van der Waals surface area contributed by atoms with Crippen LogP contribution in [0.15, 0.2) is 77.3 Å². The number of aliphatic hydroxyl groups is 1. The van der Waals surface area contributed by atoms with Gasteiger partial charge in [0.25, 0.3) is 0 Å². The molecule has 0 aliphatic rings. The van der Waals surface area contributed by atoms with Crippen LogP contribution in [-0.2, 0) is 22.5 Å². The Balaban J connectivity index is 1.75. The molecule has 0 fully saturated rings. The van der Waals surface area contributed by atoms with Crippen LogP contribution in [0.25, 0.3) is 0 Å². The van der Waals surface area contributed by atoms with Gasteiger partial charge in [-0.05, 0) is 41.5 Å². The van der Waals surface area contributed by atoms with Crippen LogP contribution in [0.4, 0.5) is 0 Å². The van der Waals surface area contributed by atoms with Crippen LogP contribution in [0.5, 0.6) is 11.5 Å². The second kappa shape index (κ2) is 10.9. The number of rotatable bonds is 9. The number of carbonyl (C=O) groups excluding carboxylic acids is 1. The van der Waals surface area contributed by atoms with Gasteiger partial charge >= 0.3 is 5.97 Å². The Morgan fingerprint density at radius 2 is 1.87 bits per heavy atom. The molecular weight excluding hydrogens is 446 g/mol. The maximum absolute atomic E-state index is 11.5. The number of ether oxygens (including phenoxy) is 2. The fourth-order valence-corrected chi connectivity index (χ4v) is 3.49. The Morgan fingerprint density at radius 3 is 2.60 bits per heavy atom. The van der Waals surface area contributed by atoms with E-state index < -0.39 is 0 Å². The van der Waals surface area contributed by atoms with E-state index in [0.29, 0.717) is 18.0 Å². The number of halogens is 1. The third kappa shape index (κ3) is 6.16. The van der Waals surface area contributed by atoms with Gasteiger partial charge in [-0.3, -0.25) is 4.79 Å². The fourth-order valence-electron chi connectivity index (χ4n) is 3.08. The van der Waals surface area contributed by atoms with Gasteiger partial charge in [-0.1, -0.05) is 58.4 Å². The maximum atomic E-state index is 11.5. The van der Waals surface area contributed by atoms with Gasteiger partial charge in [-0.15, -0.1) is 0 Å². The van der Waals surface area contributed by atoms with E-state index in [2.05, 4.69) is 21.2 Å². The van der Waals surface area contributed by atoms with Crippen molar-refractivity contribution in [3.8, 4) is 11.5 Å². The van der Waals surface area contributed by atoms with Gasteiger partial charge in [0.1, 0.15) is 11.5 Å². The second-order valence-corrected chi connectivity index (χ2v) is 7.70. The molecule has 0 heterocycles. The lowest BCUT2D eigenvalue weighted by Crippen LogP contribution is -2.24. The lowest BCUT2D eigenvalue weighted by atomic mass is 10.1. The summed E-state index contributed by atoms with van der Waals surface area (Å²) in [6.07, 6.45) is 0.192. The van der Waals surface area contributed by atoms with Crippen LogP contribution in [0.3, 0.4) is 0 Å². The van der Waals surface area contributed by atoms with Gasteiger partial charge in [-0.2, -0.15) is 0 Å². The number of carbonyl (C=O) groups is 1. The molecule has 0 spiro atoms. The quantitative estimate of drug-likeness (QED) is 0.441. The molecular formula is C24H24BrNO4. The van der Waals surface area contributed by atoms with Crippen molar-refractivity contribution in [3.05, 3.63) is 94.0 Å². The average molecular weight is 470 g/mol. The molecule has 6 heteroatoms. The van der Waals surface area contributed by atoms with Crippen molar-refractivity contribution >= 4 is 21.9 Å². The zero-order valence-electron chi connectivity index (χ0n) is 16.7. The molecule has 0 radical (unpaired) electrons. The predicted molar refractivity (Wildman–Crippen MR) is 119 cm³/mol. The molecule has 0 saturated carbocycles. The topological polar surface area (TPSA) is 67.8 Å². The average Bonchev–Trinajstić information content (AvgIpc) is 2.77. The standard InChI is InChI=1S/C24H24BrNO4/c1-29-24(28)13-17-6-5-9-21(12-17)30-23-11-10-20(25)14-19(23)15-26-22(16-27)18-7-3-2-4-8-18/h2-12,14,22,26-27H,13,15-16H2,1H3/t22-/m1/s1. The molecule has 156 valence electrons. The first-order valence-electron chi connectivity index (χ1n) is 9.60. The van der Waals surface area contributed by atoms with E-state index in [9.17, 15) is 9.90 Å². The normalized spacial score (nSPS) is 11.7. The Labute approximate surface area is 184 Å². The summed E-state index contributed by atoms with van der Waals surface area (Å²) in [5, 5.41) is 13.2. The van der Waals surface area contributed by atoms with Crippen molar-refractivity contribution in [2.75, 3.05) is 13.7 Å². The first-order valence-corrected chi connectivity index (χ1v) is 10.4. The first-order chi connectivity index (χ1) is 14.6. The smallest absolute Gasteiger partial charge is 0.309 e. The summed E-state index contributed by atoms with van der Waals surface area (Å²) in [7, 11) is 1.37. The SMILES string of the molecule is COC(=O)Cc1cccc(Oc2ccc(Br)cc2CN[C@H](CO)c2ccccc2)c1. The monoisotopic (exact) mass is 469 g/mol. The Morgan fingerprint density at radius 1 is 1.07 bits per heavy atom. The Hall–Kier alpha value is -2.67. The number of aliphatic hydroxyl groups excluding tert-OH is 1. The van der Waals surface area contributed by atoms with Gasteiger partial charge in [-0.25, -0.2) is 0 Å². The number of hydrogen-bond acceptors (Lipinski definition) is 5. The molecule has 1 atom stereocenters. The van der Waals surface area contributed by atoms with E-state index in [0.717, 1.165) is 21.2 Å². The van der Waals surface area contributed by atoms with Crippen molar-refractivity contribution in [2.24, 2.45) is 0 Å². The lowest BCUT2D eigenvalue weighted by Gasteiger charge is -2.18. The van der Waals surface area contributed by atoms with Crippen molar-refractivity contribution in [1.82, 2.24) is 5.32 Å². The summed E-state index contributed by atoms with van der Waals surface area (Å²) < 4.78 is 11.8. The molecule has 0 amide bonds. The molecule has 2 N–H and O–H groups in total. The fraction of sp³-hybridized carbons (Fsp3) is 0.208. The minimum absolute atomic E-state index is 0.0101. The number of hydrogen-bond donors (Lipinski definition) is 2. The van der Waals surface area contributed by atoms with Crippen LogP contribution >= 0.6 is 15.9 Å². The summed E-state index contributed by atoms with van der Waals surface area (Å²) in [6, 6.07) is 22.8. The molecule has 0 saturated heterocycles. The summed E-state index contributed by atoms with van der Waals surface area (Å²) in [5.41, 5.74) is 2.78. The summed E-state index contributed by atoms with van der Waals surface area (Å²) in [4.78, 5) is 11.5. The highest BCUT2D eigenvalue weighted by molar-refractivity contribution is 9.10. The Kier molecular flexibility index (Phi) is 8.02. The molecule has 3 aromatic carbocycles. The van der Waals surface area contributed by atoms with Crippen molar-refractivity contribution in [1.29, 1.82) is 0 Å². The maximum Gasteiger partial charge on any atom is 0.309 e. The highest BCUT2D eigenvalue weighted by Gasteiger charge is 2.13. The summed E-state index contributed by atoms with van der Waals surface area (Å²) in [6.45, 7) is 0.501. The highest BCUT2D eigenvalue weighted by atomic mass is 79.9.